The monoisotopic (exact) mass is 354 g/mol. The summed E-state index contributed by atoms with van der Waals surface area (Å²) in [4.78, 5) is 28.1. The van der Waals surface area contributed by atoms with Crippen LogP contribution in [0.3, 0.4) is 0 Å². The van der Waals surface area contributed by atoms with Crippen LogP contribution in [0.4, 0.5) is 0 Å². The van der Waals surface area contributed by atoms with E-state index in [0.717, 1.165) is 57.6 Å². The summed E-state index contributed by atoms with van der Waals surface area (Å²) in [5.41, 5.74) is 0. The first-order valence-electron chi connectivity index (χ1n) is 9.28. The Bertz CT molecular complexity index is 471. The van der Waals surface area contributed by atoms with E-state index in [1.807, 2.05) is 21.6 Å². The van der Waals surface area contributed by atoms with Gasteiger partial charge in [-0.05, 0) is 31.6 Å². The lowest BCUT2D eigenvalue weighted by molar-refractivity contribution is -0.138. The van der Waals surface area contributed by atoms with Crippen molar-refractivity contribution >= 4 is 23.6 Å². The molecule has 3 saturated heterocycles. The zero-order valence-electron chi connectivity index (χ0n) is 15.0. The fraction of sp³-hybridized carbons (Fsp3) is 0.889. The number of nitrogens with zero attached hydrogens (tertiary/aromatic N) is 2. The zero-order chi connectivity index (χ0) is 17.2. The molecular weight excluding hydrogens is 324 g/mol. The summed E-state index contributed by atoms with van der Waals surface area (Å²) in [6.45, 7) is 8.02. The summed E-state index contributed by atoms with van der Waals surface area (Å²) in [5.74, 6) is 1.96. The standard InChI is InChI=1S/C18H30N2O3S/c1-14(2)5-6-16(21)20-12-18(13-20)9-15(11-24-18)23-10-17(22)19-7-3-4-8-19/h14-15H,3-13H2,1-2H3. The maximum absolute atomic E-state index is 12.1. The van der Waals surface area contributed by atoms with Crippen molar-refractivity contribution in [2.75, 3.05) is 38.5 Å². The summed E-state index contributed by atoms with van der Waals surface area (Å²) in [5, 5.41) is 0. The molecule has 3 rings (SSSR count). The molecule has 0 N–H and O–H groups in total. The maximum Gasteiger partial charge on any atom is 0.248 e. The maximum atomic E-state index is 12.1. The average molecular weight is 355 g/mol. The molecule has 1 spiro atoms. The normalized spacial score (nSPS) is 25.5. The highest BCUT2D eigenvalue weighted by molar-refractivity contribution is 8.01. The van der Waals surface area contributed by atoms with Gasteiger partial charge in [0.1, 0.15) is 6.61 Å². The van der Waals surface area contributed by atoms with Crippen LogP contribution in [-0.2, 0) is 14.3 Å². The van der Waals surface area contributed by atoms with Crippen molar-refractivity contribution in [3.05, 3.63) is 0 Å². The van der Waals surface area contributed by atoms with Gasteiger partial charge in [0.15, 0.2) is 0 Å². The van der Waals surface area contributed by atoms with Crippen LogP contribution >= 0.6 is 11.8 Å². The van der Waals surface area contributed by atoms with E-state index in [4.69, 9.17) is 4.74 Å². The fourth-order valence-corrected chi connectivity index (χ4v) is 5.32. The van der Waals surface area contributed by atoms with Crippen LogP contribution in [0.15, 0.2) is 0 Å². The van der Waals surface area contributed by atoms with E-state index >= 15 is 0 Å². The Balaban J connectivity index is 1.36. The third kappa shape index (κ3) is 4.26. The van der Waals surface area contributed by atoms with Crippen molar-refractivity contribution < 1.29 is 14.3 Å². The largest absolute Gasteiger partial charge is 0.367 e. The molecule has 0 aliphatic carbocycles. The van der Waals surface area contributed by atoms with Crippen LogP contribution in [0.1, 0.15) is 46.0 Å². The van der Waals surface area contributed by atoms with Gasteiger partial charge in [0.25, 0.3) is 0 Å². The first kappa shape index (κ1) is 18.1. The SMILES string of the molecule is CC(C)CCC(=O)N1CC2(CC(OCC(=O)N3CCCC3)CS2)C1. The van der Waals surface area contributed by atoms with Crippen molar-refractivity contribution in [2.45, 2.75) is 56.8 Å². The Hall–Kier alpha value is -0.750. The van der Waals surface area contributed by atoms with Crippen LogP contribution in [0.5, 0.6) is 0 Å². The zero-order valence-corrected chi connectivity index (χ0v) is 15.8. The number of hydrogen-bond acceptors (Lipinski definition) is 4. The Morgan fingerprint density at radius 2 is 1.88 bits per heavy atom. The molecule has 3 aliphatic heterocycles. The molecule has 3 heterocycles. The van der Waals surface area contributed by atoms with Gasteiger partial charge in [-0.3, -0.25) is 9.59 Å². The van der Waals surface area contributed by atoms with Crippen molar-refractivity contribution in [1.29, 1.82) is 0 Å². The predicted octanol–water partition coefficient (Wildman–Crippen LogP) is 2.15. The summed E-state index contributed by atoms with van der Waals surface area (Å²) >= 11 is 1.93. The second-order valence-electron chi connectivity index (χ2n) is 7.90. The molecule has 0 aromatic heterocycles. The number of amides is 2. The van der Waals surface area contributed by atoms with Gasteiger partial charge >= 0.3 is 0 Å². The van der Waals surface area contributed by atoms with Crippen molar-refractivity contribution in [1.82, 2.24) is 9.80 Å². The highest BCUT2D eigenvalue weighted by Crippen LogP contribution is 2.46. The highest BCUT2D eigenvalue weighted by atomic mass is 32.2. The van der Waals surface area contributed by atoms with Crippen molar-refractivity contribution in [3.63, 3.8) is 0 Å². The smallest absolute Gasteiger partial charge is 0.248 e. The molecule has 2 amide bonds. The average Bonchev–Trinajstić information content (AvgIpc) is 3.18. The molecular formula is C18H30N2O3S. The number of hydrogen-bond donors (Lipinski definition) is 0. The van der Waals surface area contributed by atoms with Crippen LogP contribution in [0, 0.1) is 5.92 Å². The number of carbonyl (C=O) groups is 2. The van der Waals surface area contributed by atoms with Crippen LogP contribution in [0.25, 0.3) is 0 Å². The van der Waals surface area contributed by atoms with Gasteiger partial charge in [0.2, 0.25) is 11.8 Å². The van der Waals surface area contributed by atoms with Gasteiger partial charge in [-0.25, -0.2) is 0 Å². The highest BCUT2D eigenvalue weighted by Gasteiger charge is 2.50. The molecule has 6 heteroatoms. The Morgan fingerprint density at radius 3 is 2.54 bits per heavy atom. The lowest BCUT2D eigenvalue weighted by Crippen LogP contribution is -2.60. The van der Waals surface area contributed by atoms with Gasteiger partial charge in [-0.1, -0.05) is 13.8 Å². The van der Waals surface area contributed by atoms with Crippen LogP contribution in [-0.4, -0.2) is 71.0 Å². The summed E-state index contributed by atoms with van der Waals surface area (Å²) in [7, 11) is 0. The Morgan fingerprint density at radius 1 is 1.17 bits per heavy atom. The molecule has 1 atom stereocenters. The van der Waals surface area contributed by atoms with Crippen molar-refractivity contribution in [3.8, 4) is 0 Å². The van der Waals surface area contributed by atoms with Gasteiger partial charge < -0.3 is 14.5 Å². The topological polar surface area (TPSA) is 49.9 Å². The van der Waals surface area contributed by atoms with E-state index in [1.165, 1.54) is 0 Å². The molecule has 0 saturated carbocycles. The third-order valence-corrected chi connectivity index (χ3v) is 6.90. The van der Waals surface area contributed by atoms with E-state index in [0.29, 0.717) is 18.2 Å². The first-order valence-corrected chi connectivity index (χ1v) is 10.3. The number of ether oxygens (including phenoxy) is 1. The number of likely N-dealkylation sites (tertiary alicyclic amines) is 2. The number of carbonyl (C=O) groups excluding carboxylic acids is 2. The fourth-order valence-electron chi connectivity index (χ4n) is 3.77. The second-order valence-corrected chi connectivity index (χ2v) is 9.39. The predicted molar refractivity (Wildman–Crippen MR) is 96.0 cm³/mol. The molecule has 24 heavy (non-hydrogen) atoms. The molecule has 0 aromatic carbocycles. The van der Waals surface area contributed by atoms with Crippen LogP contribution in [0.2, 0.25) is 0 Å². The van der Waals surface area contributed by atoms with E-state index in [2.05, 4.69) is 13.8 Å². The molecule has 0 bridgehead atoms. The third-order valence-electron chi connectivity index (χ3n) is 5.32. The minimum atomic E-state index is 0.137. The van der Waals surface area contributed by atoms with E-state index in [9.17, 15) is 9.59 Å². The lowest BCUT2D eigenvalue weighted by Gasteiger charge is -2.47. The molecule has 1 unspecified atom stereocenters. The summed E-state index contributed by atoms with van der Waals surface area (Å²) in [6, 6.07) is 0. The van der Waals surface area contributed by atoms with Crippen LogP contribution < -0.4 is 0 Å². The van der Waals surface area contributed by atoms with Gasteiger partial charge in [-0.15, -0.1) is 11.8 Å². The molecule has 5 nitrogen and oxygen atoms in total. The minimum absolute atomic E-state index is 0.137. The van der Waals surface area contributed by atoms with Crippen molar-refractivity contribution in [2.24, 2.45) is 5.92 Å². The lowest BCUT2D eigenvalue weighted by atomic mass is 9.92. The minimum Gasteiger partial charge on any atom is -0.367 e. The van der Waals surface area contributed by atoms with Gasteiger partial charge in [0, 0.05) is 38.4 Å². The molecule has 136 valence electrons. The quantitative estimate of drug-likeness (QED) is 0.733. The molecule has 3 aliphatic rings. The van der Waals surface area contributed by atoms with Gasteiger partial charge in [-0.2, -0.15) is 0 Å². The van der Waals surface area contributed by atoms with E-state index in [-0.39, 0.29) is 23.4 Å². The summed E-state index contributed by atoms with van der Waals surface area (Å²) < 4.78 is 6.06. The molecule has 0 aromatic rings. The Labute approximate surface area is 149 Å². The van der Waals surface area contributed by atoms with Gasteiger partial charge in [0.05, 0.1) is 10.9 Å². The first-order chi connectivity index (χ1) is 11.5. The summed E-state index contributed by atoms with van der Waals surface area (Å²) in [6.07, 6.45) is 5.01. The van der Waals surface area contributed by atoms with E-state index in [1.54, 1.807) is 0 Å². The Kier molecular flexibility index (Phi) is 5.75. The second kappa shape index (κ2) is 7.65. The molecule has 0 radical (unpaired) electrons. The molecule has 3 fully saturated rings. The number of rotatable bonds is 6. The number of thioether (sulfide) groups is 1. The van der Waals surface area contributed by atoms with E-state index < -0.39 is 0 Å².